The van der Waals surface area contributed by atoms with Crippen LogP contribution >= 0.6 is 0 Å². The predicted octanol–water partition coefficient (Wildman–Crippen LogP) is 3.50. The number of esters is 1. The van der Waals surface area contributed by atoms with Crippen molar-refractivity contribution in [1.82, 2.24) is 10.3 Å². The molecule has 1 aliphatic carbocycles. The van der Waals surface area contributed by atoms with Crippen LogP contribution in [-0.2, 0) is 27.2 Å². The Bertz CT molecular complexity index is 962. The molecule has 1 heterocycles. The molecule has 0 radical (unpaired) electrons. The molecule has 0 spiro atoms. The number of amides is 1. The average Bonchev–Trinajstić information content (AvgIpc) is 3.14. The van der Waals surface area contributed by atoms with Crippen LogP contribution in [-0.4, -0.2) is 23.5 Å². The van der Waals surface area contributed by atoms with E-state index in [4.69, 9.17) is 9.15 Å². The van der Waals surface area contributed by atoms with Crippen molar-refractivity contribution in [1.29, 1.82) is 0 Å². The zero-order valence-electron chi connectivity index (χ0n) is 15.5. The summed E-state index contributed by atoms with van der Waals surface area (Å²) in [5.41, 5.74) is 3.88. The summed E-state index contributed by atoms with van der Waals surface area (Å²) >= 11 is 0. The maximum Gasteiger partial charge on any atom is 0.306 e. The minimum atomic E-state index is -0.443. The quantitative estimate of drug-likeness (QED) is 0.664. The number of aryl methyl sites for hydroxylation is 2. The topological polar surface area (TPSA) is 81.4 Å². The molecule has 6 nitrogen and oxygen atoms in total. The molecule has 1 N–H and O–H groups in total. The van der Waals surface area contributed by atoms with E-state index in [1.165, 1.54) is 5.56 Å². The van der Waals surface area contributed by atoms with Gasteiger partial charge >= 0.3 is 5.97 Å². The van der Waals surface area contributed by atoms with Crippen molar-refractivity contribution in [2.24, 2.45) is 0 Å². The van der Waals surface area contributed by atoms with Gasteiger partial charge in [0.05, 0.1) is 12.5 Å². The van der Waals surface area contributed by atoms with E-state index >= 15 is 0 Å². The number of para-hydroxylation sites is 2. The van der Waals surface area contributed by atoms with E-state index in [2.05, 4.69) is 16.4 Å². The molecule has 1 aromatic heterocycles. The summed E-state index contributed by atoms with van der Waals surface area (Å²) in [6.07, 6.45) is 3.42. The molecular weight excluding hydrogens is 356 g/mol. The van der Waals surface area contributed by atoms with E-state index in [0.717, 1.165) is 30.3 Å². The fraction of sp³-hybridized carbons (Fsp3) is 0.318. The average molecular weight is 378 g/mol. The van der Waals surface area contributed by atoms with Crippen LogP contribution in [0, 0.1) is 0 Å². The maximum atomic E-state index is 12.2. The third kappa shape index (κ3) is 4.22. The van der Waals surface area contributed by atoms with Crippen LogP contribution in [0.2, 0.25) is 0 Å². The molecule has 0 saturated heterocycles. The van der Waals surface area contributed by atoms with Gasteiger partial charge in [-0.05, 0) is 42.5 Å². The standard InChI is InChI=1S/C22H22N2O4/c25-20(23-17-10-5-7-15-6-1-2-8-16(15)17)14-27-22(26)13-12-21-24-18-9-3-4-11-19(18)28-21/h1-4,6,8-9,11,17H,5,7,10,12-14H2,(H,23,25)/t17-/m1/s1. The molecule has 1 aliphatic rings. The molecule has 4 rings (SSSR count). The minimum absolute atomic E-state index is 0.0177. The summed E-state index contributed by atoms with van der Waals surface area (Å²) in [5.74, 6) is -0.236. The molecule has 3 aromatic rings. The summed E-state index contributed by atoms with van der Waals surface area (Å²) < 4.78 is 10.7. The first-order valence-electron chi connectivity index (χ1n) is 9.56. The monoisotopic (exact) mass is 378 g/mol. The lowest BCUT2D eigenvalue weighted by Crippen LogP contribution is -2.34. The van der Waals surface area contributed by atoms with Gasteiger partial charge in [0.15, 0.2) is 18.1 Å². The lowest BCUT2D eigenvalue weighted by Gasteiger charge is -2.26. The highest BCUT2D eigenvalue weighted by Gasteiger charge is 2.21. The highest BCUT2D eigenvalue weighted by atomic mass is 16.5. The number of nitrogens with one attached hydrogen (secondary N) is 1. The van der Waals surface area contributed by atoms with Gasteiger partial charge in [0.2, 0.25) is 0 Å². The molecule has 144 valence electrons. The largest absolute Gasteiger partial charge is 0.456 e. The summed E-state index contributed by atoms with van der Waals surface area (Å²) in [6.45, 7) is -0.273. The van der Waals surface area contributed by atoms with Gasteiger partial charge in [-0.3, -0.25) is 9.59 Å². The molecule has 6 heteroatoms. The van der Waals surface area contributed by atoms with Crippen LogP contribution < -0.4 is 5.32 Å². The third-order valence-electron chi connectivity index (χ3n) is 4.95. The second-order valence-electron chi connectivity index (χ2n) is 6.95. The normalized spacial score (nSPS) is 15.8. The van der Waals surface area contributed by atoms with Crippen molar-refractivity contribution in [3.63, 3.8) is 0 Å². The van der Waals surface area contributed by atoms with Crippen molar-refractivity contribution in [2.45, 2.75) is 38.1 Å². The van der Waals surface area contributed by atoms with E-state index in [9.17, 15) is 9.59 Å². The summed E-state index contributed by atoms with van der Waals surface area (Å²) in [4.78, 5) is 28.5. The van der Waals surface area contributed by atoms with Gasteiger partial charge in [-0.1, -0.05) is 36.4 Å². The number of carbonyl (C=O) groups excluding carboxylic acids is 2. The van der Waals surface area contributed by atoms with E-state index in [1.54, 1.807) is 0 Å². The Kier molecular flexibility index (Phi) is 5.37. The Morgan fingerprint density at radius 3 is 2.86 bits per heavy atom. The third-order valence-corrected chi connectivity index (χ3v) is 4.95. The number of carbonyl (C=O) groups is 2. The second kappa shape index (κ2) is 8.25. The van der Waals surface area contributed by atoms with Gasteiger partial charge in [-0.25, -0.2) is 4.98 Å². The number of ether oxygens (including phenoxy) is 1. The highest BCUT2D eigenvalue weighted by molar-refractivity contribution is 5.81. The molecule has 0 unspecified atom stereocenters. The summed E-state index contributed by atoms with van der Waals surface area (Å²) in [5, 5.41) is 2.97. The van der Waals surface area contributed by atoms with Crippen LogP contribution in [0.1, 0.15) is 42.3 Å². The van der Waals surface area contributed by atoms with Gasteiger partial charge in [0.25, 0.3) is 5.91 Å². The van der Waals surface area contributed by atoms with Crippen LogP contribution in [0.25, 0.3) is 11.1 Å². The SMILES string of the molecule is O=C(COC(=O)CCc1nc2ccccc2o1)N[C@@H]1CCCc2ccccc21. The smallest absolute Gasteiger partial charge is 0.306 e. The Labute approximate surface area is 162 Å². The number of benzene rings is 2. The van der Waals surface area contributed by atoms with Gasteiger partial charge in [0, 0.05) is 6.42 Å². The zero-order chi connectivity index (χ0) is 19.3. The summed E-state index contributed by atoms with van der Waals surface area (Å²) in [6, 6.07) is 15.6. The Hall–Kier alpha value is -3.15. The molecule has 1 amide bonds. The fourth-order valence-corrected chi connectivity index (χ4v) is 3.59. The summed E-state index contributed by atoms with van der Waals surface area (Å²) in [7, 11) is 0. The Balaban J connectivity index is 1.24. The number of fused-ring (bicyclic) bond motifs is 2. The van der Waals surface area contributed by atoms with Gasteiger partial charge < -0.3 is 14.5 Å². The number of oxazole rings is 1. The van der Waals surface area contributed by atoms with Crippen LogP contribution in [0.15, 0.2) is 52.9 Å². The van der Waals surface area contributed by atoms with Crippen molar-refractivity contribution >= 4 is 23.0 Å². The van der Waals surface area contributed by atoms with E-state index in [-0.39, 0.29) is 25.0 Å². The molecule has 2 aromatic carbocycles. The molecule has 0 aliphatic heterocycles. The minimum Gasteiger partial charge on any atom is -0.456 e. The number of rotatable bonds is 6. The first-order valence-corrected chi connectivity index (χ1v) is 9.56. The fourth-order valence-electron chi connectivity index (χ4n) is 3.59. The molecular formula is C22H22N2O4. The molecule has 0 saturated carbocycles. The lowest BCUT2D eigenvalue weighted by atomic mass is 9.88. The number of nitrogens with zero attached hydrogens (tertiary/aromatic N) is 1. The van der Waals surface area contributed by atoms with Gasteiger partial charge in [0.1, 0.15) is 5.52 Å². The van der Waals surface area contributed by atoms with Crippen molar-refractivity contribution in [3.8, 4) is 0 Å². The van der Waals surface area contributed by atoms with Crippen LogP contribution in [0.3, 0.4) is 0 Å². The molecule has 28 heavy (non-hydrogen) atoms. The van der Waals surface area contributed by atoms with E-state index in [1.807, 2.05) is 42.5 Å². The van der Waals surface area contributed by atoms with Gasteiger partial charge in [-0.15, -0.1) is 0 Å². The first-order chi connectivity index (χ1) is 13.7. The van der Waals surface area contributed by atoms with Gasteiger partial charge in [-0.2, -0.15) is 0 Å². The predicted molar refractivity (Wildman–Crippen MR) is 104 cm³/mol. The van der Waals surface area contributed by atoms with Crippen molar-refractivity contribution < 1.29 is 18.7 Å². The Morgan fingerprint density at radius 2 is 1.96 bits per heavy atom. The number of aromatic nitrogens is 1. The highest BCUT2D eigenvalue weighted by Crippen LogP contribution is 2.29. The van der Waals surface area contributed by atoms with E-state index < -0.39 is 5.97 Å². The number of hydrogen-bond donors (Lipinski definition) is 1. The van der Waals surface area contributed by atoms with Crippen molar-refractivity contribution in [2.75, 3.05) is 6.61 Å². The second-order valence-corrected chi connectivity index (χ2v) is 6.95. The maximum absolute atomic E-state index is 12.2. The zero-order valence-corrected chi connectivity index (χ0v) is 15.5. The Morgan fingerprint density at radius 1 is 1.14 bits per heavy atom. The van der Waals surface area contributed by atoms with Crippen LogP contribution in [0.5, 0.6) is 0 Å². The number of hydrogen-bond acceptors (Lipinski definition) is 5. The lowest BCUT2D eigenvalue weighted by molar-refractivity contribution is -0.148. The van der Waals surface area contributed by atoms with Crippen LogP contribution in [0.4, 0.5) is 0 Å². The molecule has 1 atom stereocenters. The van der Waals surface area contributed by atoms with E-state index in [0.29, 0.717) is 17.9 Å². The molecule has 0 bridgehead atoms. The first kappa shape index (κ1) is 18.2. The molecule has 0 fully saturated rings. The van der Waals surface area contributed by atoms with Crippen molar-refractivity contribution in [3.05, 3.63) is 65.5 Å².